The fraction of sp³-hybridized carbons (Fsp3) is 0.650. The Hall–Kier alpha value is -2.51. The maximum Gasteiger partial charge on any atom is 0.409 e. The summed E-state index contributed by atoms with van der Waals surface area (Å²) in [7, 11) is 0. The molecule has 0 unspecified atom stereocenters. The minimum atomic E-state index is -0.236. The summed E-state index contributed by atoms with van der Waals surface area (Å²) in [5.74, 6) is 2.24. The summed E-state index contributed by atoms with van der Waals surface area (Å²) < 4.78 is 10.8. The van der Waals surface area contributed by atoms with Crippen LogP contribution in [0.15, 0.2) is 23.3 Å². The third-order valence-corrected chi connectivity index (χ3v) is 4.81. The fourth-order valence-corrected chi connectivity index (χ4v) is 3.02. The van der Waals surface area contributed by atoms with Crippen LogP contribution in [0.4, 0.5) is 4.79 Å². The number of hydrogen-bond acceptors (Lipinski definition) is 5. The second kappa shape index (κ2) is 10.1. The summed E-state index contributed by atoms with van der Waals surface area (Å²) in [6.45, 7) is 9.13. The van der Waals surface area contributed by atoms with Crippen LogP contribution in [0.2, 0.25) is 0 Å². The van der Waals surface area contributed by atoms with Crippen molar-refractivity contribution in [1.82, 2.24) is 20.1 Å². The molecule has 8 nitrogen and oxygen atoms in total. The van der Waals surface area contributed by atoms with Gasteiger partial charge < -0.3 is 24.6 Å². The van der Waals surface area contributed by atoms with Gasteiger partial charge in [-0.25, -0.2) is 14.8 Å². The Bertz CT molecular complexity index is 670. The van der Waals surface area contributed by atoms with E-state index in [1.165, 1.54) is 12.8 Å². The van der Waals surface area contributed by atoms with Gasteiger partial charge in [0.2, 0.25) is 5.88 Å². The van der Waals surface area contributed by atoms with Crippen molar-refractivity contribution in [3.63, 3.8) is 0 Å². The smallest absolute Gasteiger partial charge is 0.409 e. The molecule has 2 aliphatic rings. The van der Waals surface area contributed by atoms with E-state index in [-0.39, 0.29) is 6.09 Å². The highest BCUT2D eigenvalue weighted by atomic mass is 16.6. The lowest BCUT2D eigenvalue weighted by Gasteiger charge is -2.35. The van der Waals surface area contributed by atoms with Crippen molar-refractivity contribution in [3.05, 3.63) is 23.9 Å². The molecule has 0 spiro atoms. The average molecular weight is 390 g/mol. The van der Waals surface area contributed by atoms with Crippen molar-refractivity contribution >= 4 is 12.1 Å². The maximum absolute atomic E-state index is 11.9. The second-order valence-corrected chi connectivity index (χ2v) is 7.10. The number of carbonyl (C=O) groups is 1. The highest BCUT2D eigenvalue weighted by molar-refractivity contribution is 5.80. The van der Waals surface area contributed by atoms with Crippen molar-refractivity contribution in [1.29, 1.82) is 0 Å². The van der Waals surface area contributed by atoms with Crippen LogP contribution in [0, 0.1) is 5.92 Å². The van der Waals surface area contributed by atoms with E-state index in [0.29, 0.717) is 38.0 Å². The number of nitrogens with one attached hydrogen (secondary N) is 1. The quantitative estimate of drug-likeness (QED) is 0.568. The first-order chi connectivity index (χ1) is 13.7. The van der Waals surface area contributed by atoms with E-state index in [1.54, 1.807) is 11.1 Å². The SMILES string of the molecule is CCNC(=NCc1ccnc(OCC2CC2)c1)N1CCN(C(=O)OCC)CC1. The Morgan fingerprint density at radius 1 is 1.25 bits per heavy atom. The zero-order valence-corrected chi connectivity index (χ0v) is 16.9. The molecule has 154 valence electrons. The number of aromatic nitrogens is 1. The van der Waals surface area contributed by atoms with Crippen LogP contribution in [0.25, 0.3) is 0 Å². The number of rotatable bonds is 7. The molecule has 1 amide bonds. The minimum absolute atomic E-state index is 0.236. The van der Waals surface area contributed by atoms with Crippen molar-refractivity contribution in [2.24, 2.45) is 10.9 Å². The Balaban J connectivity index is 1.55. The van der Waals surface area contributed by atoms with Gasteiger partial charge in [-0.05, 0) is 44.2 Å². The van der Waals surface area contributed by atoms with E-state index in [2.05, 4.69) is 22.1 Å². The second-order valence-electron chi connectivity index (χ2n) is 7.10. The number of pyridine rings is 1. The van der Waals surface area contributed by atoms with E-state index in [9.17, 15) is 4.79 Å². The number of guanidine groups is 1. The van der Waals surface area contributed by atoms with Crippen LogP contribution < -0.4 is 10.1 Å². The first kappa shape index (κ1) is 20.2. The monoisotopic (exact) mass is 389 g/mol. The Morgan fingerprint density at radius 2 is 2.00 bits per heavy atom. The molecule has 2 fully saturated rings. The zero-order chi connectivity index (χ0) is 19.8. The Morgan fingerprint density at radius 3 is 2.68 bits per heavy atom. The Kier molecular flexibility index (Phi) is 7.33. The maximum atomic E-state index is 11.9. The van der Waals surface area contributed by atoms with Gasteiger partial charge in [0, 0.05) is 45.0 Å². The van der Waals surface area contributed by atoms with Gasteiger partial charge in [-0.15, -0.1) is 0 Å². The highest BCUT2D eigenvalue weighted by Gasteiger charge is 2.24. The molecule has 0 atom stereocenters. The van der Waals surface area contributed by atoms with Crippen molar-refractivity contribution in [2.75, 3.05) is 45.9 Å². The van der Waals surface area contributed by atoms with Crippen LogP contribution in [0.5, 0.6) is 5.88 Å². The lowest BCUT2D eigenvalue weighted by Crippen LogP contribution is -2.53. The lowest BCUT2D eigenvalue weighted by molar-refractivity contribution is 0.0914. The van der Waals surface area contributed by atoms with Crippen LogP contribution >= 0.6 is 0 Å². The predicted octanol–water partition coefficient (Wildman–Crippen LogP) is 2.11. The van der Waals surface area contributed by atoms with Gasteiger partial charge in [-0.1, -0.05) is 0 Å². The van der Waals surface area contributed by atoms with Gasteiger partial charge in [-0.3, -0.25) is 0 Å². The predicted molar refractivity (Wildman–Crippen MR) is 107 cm³/mol. The number of amides is 1. The van der Waals surface area contributed by atoms with Crippen LogP contribution in [-0.2, 0) is 11.3 Å². The van der Waals surface area contributed by atoms with Crippen LogP contribution in [0.3, 0.4) is 0 Å². The number of nitrogens with zero attached hydrogens (tertiary/aromatic N) is 4. The molecule has 1 saturated carbocycles. The van der Waals surface area contributed by atoms with Gasteiger partial charge in [-0.2, -0.15) is 0 Å². The molecule has 0 radical (unpaired) electrons. The topological polar surface area (TPSA) is 79.3 Å². The van der Waals surface area contributed by atoms with E-state index in [1.807, 2.05) is 19.1 Å². The molecular weight excluding hydrogens is 358 g/mol. The molecule has 1 aromatic heterocycles. The first-order valence-corrected chi connectivity index (χ1v) is 10.2. The van der Waals surface area contributed by atoms with Gasteiger partial charge in [0.15, 0.2) is 5.96 Å². The molecule has 8 heteroatoms. The lowest BCUT2D eigenvalue weighted by atomic mass is 10.2. The number of carbonyl (C=O) groups excluding carboxylic acids is 1. The molecular formula is C20H31N5O3. The van der Waals surface area contributed by atoms with E-state index >= 15 is 0 Å². The first-order valence-electron chi connectivity index (χ1n) is 10.2. The number of hydrogen-bond donors (Lipinski definition) is 1. The van der Waals surface area contributed by atoms with Gasteiger partial charge in [0.1, 0.15) is 0 Å². The molecule has 1 aliphatic carbocycles. The molecule has 1 aliphatic heterocycles. The number of aliphatic imine (C=N–C) groups is 1. The minimum Gasteiger partial charge on any atom is -0.477 e. The molecule has 28 heavy (non-hydrogen) atoms. The normalized spacial score (nSPS) is 17.4. The molecule has 0 bridgehead atoms. The number of piperazine rings is 1. The number of ether oxygens (including phenoxy) is 2. The molecule has 3 rings (SSSR count). The van der Waals surface area contributed by atoms with Crippen molar-refractivity contribution < 1.29 is 14.3 Å². The van der Waals surface area contributed by atoms with E-state index < -0.39 is 0 Å². The third-order valence-electron chi connectivity index (χ3n) is 4.81. The summed E-state index contributed by atoms with van der Waals surface area (Å²) in [4.78, 5) is 24.9. The third kappa shape index (κ3) is 6.00. The van der Waals surface area contributed by atoms with Crippen molar-refractivity contribution in [3.8, 4) is 5.88 Å². The zero-order valence-electron chi connectivity index (χ0n) is 16.9. The summed E-state index contributed by atoms with van der Waals surface area (Å²) in [6, 6.07) is 3.93. The standard InChI is InChI=1S/C20H31N5O3/c1-3-21-19(24-9-11-25(12-10-24)20(26)27-4-2)23-14-17-7-8-22-18(13-17)28-15-16-5-6-16/h7-8,13,16H,3-6,9-12,14-15H2,1-2H3,(H,21,23). The van der Waals surface area contributed by atoms with Gasteiger partial charge in [0.05, 0.1) is 19.8 Å². The average Bonchev–Trinajstić information content (AvgIpc) is 3.55. The van der Waals surface area contributed by atoms with Crippen LogP contribution in [0.1, 0.15) is 32.3 Å². The van der Waals surface area contributed by atoms with E-state index in [4.69, 9.17) is 14.5 Å². The van der Waals surface area contributed by atoms with E-state index in [0.717, 1.165) is 37.8 Å². The summed E-state index contributed by atoms with van der Waals surface area (Å²) >= 11 is 0. The summed E-state index contributed by atoms with van der Waals surface area (Å²) in [5.41, 5.74) is 1.07. The summed E-state index contributed by atoms with van der Waals surface area (Å²) in [5, 5.41) is 3.35. The van der Waals surface area contributed by atoms with Gasteiger partial charge >= 0.3 is 6.09 Å². The highest BCUT2D eigenvalue weighted by Crippen LogP contribution is 2.29. The molecule has 1 aromatic rings. The summed E-state index contributed by atoms with van der Waals surface area (Å²) in [6.07, 6.45) is 4.07. The Labute approximate surface area is 166 Å². The van der Waals surface area contributed by atoms with Gasteiger partial charge in [0.25, 0.3) is 0 Å². The molecule has 2 heterocycles. The molecule has 0 aromatic carbocycles. The molecule has 1 N–H and O–H groups in total. The van der Waals surface area contributed by atoms with Crippen LogP contribution in [-0.4, -0.2) is 72.8 Å². The largest absolute Gasteiger partial charge is 0.477 e. The molecule has 1 saturated heterocycles. The fourth-order valence-electron chi connectivity index (χ4n) is 3.02. The van der Waals surface area contributed by atoms with Crippen molar-refractivity contribution in [2.45, 2.75) is 33.2 Å².